The summed E-state index contributed by atoms with van der Waals surface area (Å²) in [5.41, 5.74) is 3.51. The van der Waals surface area contributed by atoms with Crippen molar-refractivity contribution >= 4 is 11.0 Å². The molecule has 2 unspecified atom stereocenters. The van der Waals surface area contributed by atoms with Crippen LogP contribution in [0.5, 0.6) is 0 Å². The number of nitrogens with one attached hydrogen (secondary N) is 2. The molecule has 4 nitrogen and oxygen atoms in total. The third-order valence-corrected chi connectivity index (χ3v) is 3.80. The van der Waals surface area contributed by atoms with Gasteiger partial charge in [0.05, 0.1) is 23.2 Å². The zero-order valence-electron chi connectivity index (χ0n) is 11.7. The lowest BCUT2D eigenvalue weighted by Gasteiger charge is -2.18. The molecule has 2 heterocycles. The molecular formula is C15H21N3O. The van der Waals surface area contributed by atoms with Gasteiger partial charge in [0.2, 0.25) is 0 Å². The van der Waals surface area contributed by atoms with Gasteiger partial charge < -0.3 is 15.4 Å². The van der Waals surface area contributed by atoms with Crippen molar-refractivity contribution in [3.63, 3.8) is 0 Å². The molecule has 3 N–H and O–H groups in total. The van der Waals surface area contributed by atoms with Crippen LogP contribution < -0.4 is 5.32 Å². The van der Waals surface area contributed by atoms with E-state index >= 15 is 0 Å². The van der Waals surface area contributed by atoms with Gasteiger partial charge in [-0.25, -0.2) is 4.98 Å². The number of imidazole rings is 1. The number of hydrogen-bond acceptors (Lipinski definition) is 3. The van der Waals surface area contributed by atoms with Gasteiger partial charge in [-0.3, -0.25) is 0 Å². The lowest BCUT2D eigenvalue weighted by Crippen LogP contribution is -2.15. The molecule has 102 valence electrons. The summed E-state index contributed by atoms with van der Waals surface area (Å²) < 4.78 is 0. The number of aliphatic hydroxyl groups is 1. The fourth-order valence-electron chi connectivity index (χ4n) is 2.59. The number of nitrogens with zero attached hydrogens (tertiary/aromatic N) is 1. The minimum Gasteiger partial charge on any atom is -0.392 e. The second-order valence-electron chi connectivity index (χ2n) is 6.45. The maximum Gasteiger partial charge on any atom is 0.124 e. The van der Waals surface area contributed by atoms with Crippen molar-refractivity contribution in [2.24, 2.45) is 0 Å². The van der Waals surface area contributed by atoms with Crippen molar-refractivity contribution in [3.05, 3.63) is 29.6 Å². The van der Waals surface area contributed by atoms with Gasteiger partial charge in [0.15, 0.2) is 0 Å². The molecule has 0 amide bonds. The van der Waals surface area contributed by atoms with E-state index in [0.29, 0.717) is 6.54 Å². The lowest BCUT2D eigenvalue weighted by atomic mass is 9.87. The highest BCUT2D eigenvalue weighted by Gasteiger charge is 2.26. The number of rotatable bonds is 1. The molecule has 2 atom stereocenters. The average molecular weight is 259 g/mol. The second kappa shape index (κ2) is 4.32. The molecule has 4 heteroatoms. The molecule has 1 aromatic carbocycles. The summed E-state index contributed by atoms with van der Waals surface area (Å²) in [6.45, 7) is 7.27. The lowest BCUT2D eigenvalue weighted by molar-refractivity contribution is 0.193. The van der Waals surface area contributed by atoms with E-state index in [1.54, 1.807) is 0 Å². The van der Waals surface area contributed by atoms with Gasteiger partial charge in [-0.1, -0.05) is 26.8 Å². The molecule has 2 aromatic rings. The number of H-pyrrole nitrogens is 1. The minimum atomic E-state index is -0.261. The van der Waals surface area contributed by atoms with Gasteiger partial charge in [0.1, 0.15) is 5.82 Å². The average Bonchev–Trinajstić information content (AvgIpc) is 2.92. The molecular weight excluding hydrogens is 238 g/mol. The molecule has 1 fully saturated rings. The minimum absolute atomic E-state index is 0.139. The zero-order valence-corrected chi connectivity index (χ0v) is 11.7. The van der Waals surface area contributed by atoms with Crippen LogP contribution in [0.25, 0.3) is 11.0 Å². The highest BCUT2D eigenvalue weighted by atomic mass is 16.3. The van der Waals surface area contributed by atoms with E-state index < -0.39 is 0 Å². The summed E-state index contributed by atoms with van der Waals surface area (Å²) in [6.07, 6.45) is 0.467. The predicted octanol–water partition coefficient (Wildman–Crippen LogP) is 2.26. The summed E-state index contributed by atoms with van der Waals surface area (Å²) in [7, 11) is 0. The Kier molecular flexibility index (Phi) is 2.87. The highest BCUT2D eigenvalue weighted by Crippen LogP contribution is 2.27. The summed E-state index contributed by atoms with van der Waals surface area (Å²) in [5.74, 6) is 0.928. The van der Waals surface area contributed by atoms with Gasteiger partial charge in [-0.2, -0.15) is 0 Å². The first-order valence-electron chi connectivity index (χ1n) is 6.85. The van der Waals surface area contributed by atoms with Crippen molar-refractivity contribution in [1.82, 2.24) is 15.3 Å². The van der Waals surface area contributed by atoms with Crippen LogP contribution in [0, 0.1) is 0 Å². The molecule has 1 aliphatic rings. The Balaban J connectivity index is 1.97. The van der Waals surface area contributed by atoms with Crippen molar-refractivity contribution in [2.45, 2.75) is 44.8 Å². The van der Waals surface area contributed by atoms with Crippen LogP contribution in [-0.4, -0.2) is 27.7 Å². The van der Waals surface area contributed by atoms with Crippen molar-refractivity contribution in [3.8, 4) is 0 Å². The molecule has 0 bridgehead atoms. The number of hydrogen-bond donors (Lipinski definition) is 3. The van der Waals surface area contributed by atoms with Gasteiger partial charge in [-0.05, 0) is 29.5 Å². The fraction of sp³-hybridized carbons (Fsp3) is 0.533. The number of aromatic nitrogens is 2. The maximum atomic E-state index is 9.58. The smallest absolute Gasteiger partial charge is 0.124 e. The van der Waals surface area contributed by atoms with Gasteiger partial charge >= 0.3 is 0 Å². The summed E-state index contributed by atoms with van der Waals surface area (Å²) in [4.78, 5) is 8.01. The Morgan fingerprint density at radius 2 is 2.11 bits per heavy atom. The van der Waals surface area contributed by atoms with Crippen molar-refractivity contribution in [1.29, 1.82) is 0 Å². The fourth-order valence-corrected chi connectivity index (χ4v) is 2.59. The Labute approximate surface area is 113 Å². The van der Waals surface area contributed by atoms with E-state index in [1.165, 1.54) is 5.56 Å². The number of β-amino-alcohol motifs (C(OH)–C–C–N with tert-alkyl or cyclic N) is 1. The quantitative estimate of drug-likeness (QED) is 0.736. The van der Waals surface area contributed by atoms with Crippen LogP contribution in [-0.2, 0) is 5.41 Å². The molecule has 1 aliphatic heterocycles. The van der Waals surface area contributed by atoms with E-state index in [1.807, 2.05) is 0 Å². The number of fused-ring (bicyclic) bond motifs is 1. The molecule has 1 aromatic heterocycles. The molecule has 3 rings (SSSR count). The van der Waals surface area contributed by atoms with Crippen LogP contribution in [0.1, 0.15) is 44.6 Å². The van der Waals surface area contributed by atoms with Crippen molar-refractivity contribution < 1.29 is 5.11 Å². The van der Waals surface area contributed by atoms with Crippen molar-refractivity contribution in [2.75, 3.05) is 6.54 Å². The molecule has 0 spiro atoms. The summed E-state index contributed by atoms with van der Waals surface area (Å²) in [6, 6.07) is 6.53. The third-order valence-electron chi connectivity index (χ3n) is 3.80. The monoisotopic (exact) mass is 259 g/mol. The van der Waals surface area contributed by atoms with E-state index in [9.17, 15) is 5.11 Å². The van der Waals surface area contributed by atoms with Gasteiger partial charge in [0, 0.05) is 6.54 Å². The maximum absolute atomic E-state index is 9.58. The number of aliphatic hydroxyl groups excluding tert-OH is 1. The van der Waals surface area contributed by atoms with E-state index in [4.69, 9.17) is 0 Å². The Bertz CT molecular complexity index is 597. The topological polar surface area (TPSA) is 60.9 Å². The van der Waals surface area contributed by atoms with E-state index in [0.717, 1.165) is 23.3 Å². The molecule has 0 aliphatic carbocycles. The first-order valence-corrected chi connectivity index (χ1v) is 6.85. The molecule has 19 heavy (non-hydrogen) atoms. The largest absolute Gasteiger partial charge is 0.392 e. The Hall–Kier alpha value is -1.39. The zero-order chi connectivity index (χ0) is 13.6. The summed E-state index contributed by atoms with van der Waals surface area (Å²) in [5, 5.41) is 12.9. The summed E-state index contributed by atoms with van der Waals surface area (Å²) >= 11 is 0. The highest BCUT2D eigenvalue weighted by molar-refractivity contribution is 5.76. The van der Waals surface area contributed by atoms with Gasteiger partial charge in [-0.15, -0.1) is 0 Å². The normalized spacial score (nSPS) is 24.2. The van der Waals surface area contributed by atoms with E-state index in [-0.39, 0.29) is 17.6 Å². The Morgan fingerprint density at radius 1 is 1.32 bits per heavy atom. The first-order chi connectivity index (χ1) is 8.93. The first kappa shape index (κ1) is 12.6. The molecule has 0 saturated carbocycles. The van der Waals surface area contributed by atoms with Crippen LogP contribution in [0.2, 0.25) is 0 Å². The second-order valence-corrected chi connectivity index (χ2v) is 6.45. The van der Waals surface area contributed by atoms with Crippen LogP contribution in [0.4, 0.5) is 0 Å². The number of aromatic amines is 1. The molecule has 1 saturated heterocycles. The third kappa shape index (κ3) is 2.38. The number of benzene rings is 1. The Morgan fingerprint density at radius 3 is 2.74 bits per heavy atom. The van der Waals surface area contributed by atoms with Crippen LogP contribution >= 0.6 is 0 Å². The van der Waals surface area contributed by atoms with Gasteiger partial charge in [0.25, 0.3) is 0 Å². The van der Waals surface area contributed by atoms with Crippen LogP contribution in [0.3, 0.4) is 0 Å². The standard InChI is InChI=1S/C15H21N3O/c1-15(2,3)9-4-5-11-12(6-9)18-14(17-11)13-7-10(19)8-16-13/h4-6,10,13,16,19H,7-8H2,1-3H3,(H,17,18). The van der Waals surface area contributed by atoms with E-state index in [2.05, 4.69) is 54.3 Å². The molecule has 0 radical (unpaired) electrons. The van der Waals surface area contributed by atoms with Crippen LogP contribution in [0.15, 0.2) is 18.2 Å². The predicted molar refractivity (Wildman–Crippen MR) is 76.2 cm³/mol. The SMILES string of the molecule is CC(C)(C)c1ccc2nc(C3CC(O)CN3)[nH]c2c1.